The van der Waals surface area contributed by atoms with Crippen molar-refractivity contribution in [1.82, 2.24) is 5.32 Å². The van der Waals surface area contributed by atoms with E-state index in [2.05, 4.69) is 16.0 Å². The van der Waals surface area contributed by atoms with Crippen molar-refractivity contribution < 1.29 is 19.1 Å². The van der Waals surface area contributed by atoms with Crippen LogP contribution >= 0.6 is 11.8 Å². The molecule has 4 aromatic rings. The van der Waals surface area contributed by atoms with E-state index in [0.717, 1.165) is 16.0 Å². The number of rotatable bonds is 10. The van der Waals surface area contributed by atoms with Crippen LogP contribution in [0.1, 0.15) is 28.4 Å². The van der Waals surface area contributed by atoms with Crippen LogP contribution in [0.3, 0.4) is 0 Å². The lowest BCUT2D eigenvalue weighted by Gasteiger charge is -2.14. The van der Waals surface area contributed by atoms with Gasteiger partial charge in [-0.2, -0.15) is 0 Å². The highest BCUT2D eigenvalue weighted by Gasteiger charge is 2.17. The molecule has 4 rings (SSSR count). The molecule has 41 heavy (non-hydrogen) atoms. The molecule has 4 aromatic carbocycles. The predicted molar refractivity (Wildman–Crippen MR) is 165 cm³/mol. The van der Waals surface area contributed by atoms with Crippen molar-refractivity contribution in [3.05, 3.63) is 126 Å². The largest absolute Gasteiger partial charge is 0.497 e. The molecule has 0 aromatic heterocycles. The minimum Gasteiger partial charge on any atom is -0.497 e. The van der Waals surface area contributed by atoms with Gasteiger partial charge >= 0.3 is 0 Å². The highest BCUT2D eigenvalue weighted by atomic mass is 32.2. The molecule has 0 saturated carbocycles. The van der Waals surface area contributed by atoms with Crippen LogP contribution < -0.4 is 20.7 Å². The topological polar surface area (TPSA) is 96.5 Å². The number of hydrogen-bond acceptors (Lipinski definition) is 5. The maximum atomic E-state index is 13.3. The first kappa shape index (κ1) is 29.2. The molecule has 0 aliphatic rings. The number of carbonyl (C=O) groups is 3. The molecule has 0 radical (unpaired) electrons. The molecule has 0 spiro atoms. The summed E-state index contributed by atoms with van der Waals surface area (Å²) in [5, 5.41) is 8.15. The minimum atomic E-state index is -0.456. The highest BCUT2D eigenvalue weighted by molar-refractivity contribution is 8.00. The fourth-order valence-corrected chi connectivity index (χ4v) is 4.63. The first-order valence-electron chi connectivity index (χ1n) is 13.0. The first-order chi connectivity index (χ1) is 19.8. The van der Waals surface area contributed by atoms with E-state index in [4.69, 9.17) is 4.74 Å². The SMILES string of the molecule is COc1ccc(NC(=O)C(C)Sc2ccc(NC(=O)/C(=C/c3ccc(C)cc3)NC(=O)c3ccccc3)cc2)cc1. The van der Waals surface area contributed by atoms with Crippen molar-refractivity contribution in [1.29, 1.82) is 0 Å². The number of thioether (sulfide) groups is 1. The lowest BCUT2D eigenvalue weighted by molar-refractivity contribution is -0.115. The molecule has 0 heterocycles. The first-order valence-corrected chi connectivity index (χ1v) is 13.9. The Morgan fingerprint density at radius 3 is 2.02 bits per heavy atom. The third kappa shape index (κ3) is 8.58. The summed E-state index contributed by atoms with van der Waals surface area (Å²) in [6.07, 6.45) is 1.64. The van der Waals surface area contributed by atoms with Gasteiger partial charge in [0.15, 0.2) is 0 Å². The molecule has 0 fully saturated rings. The zero-order valence-corrected chi connectivity index (χ0v) is 23.8. The third-order valence-corrected chi connectivity index (χ3v) is 7.18. The van der Waals surface area contributed by atoms with Gasteiger partial charge in [0, 0.05) is 21.8 Å². The summed E-state index contributed by atoms with van der Waals surface area (Å²) in [4.78, 5) is 39.6. The molecule has 1 atom stereocenters. The Kier molecular flexibility index (Phi) is 9.96. The molecule has 0 aliphatic carbocycles. The Morgan fingerprint density at radius 1 is 0.780 bits per heavy atom. The number of amides is 3. The maximum absolute atomic E-state index is 13.3. The van der Waals surface area contributed by atoms with Gasteiger partial charge in [0.2, 0.25) is 5.91 Å². The molecule has 1 unspecified atom stereocenters. The summed E-state index contributed by atoms with van der Waals surface area (Å²) in [6.45, 7) is 3.81. The Bertz CT molecular complexity index is 1520. The summed E-state index contributed by atoms with van der Waals surface area (Å²) in [7, 11) is 1.59. The standard InChI is InChI=1S/C33H31N3O4S/c1-22-9-11-24(12-10-22)21-30(36-32(38)25-7-5-4-6-8-25)33(39)35-27-15-19-29(20-16-27)41-23(2)31(37)34-26-13-17-28(40-3)18-14-26/h4-21,23H,1-3H3,(H,34,37)(H,35,39)(H,36,38)/b30-21-. The average Bonchev–Trinajstić information content (AvgIpc) is 2.99. The van der Waals surface area contributed by atoms with Crippen LogP contribution in [-0.4, -0.2) is 30.1 Å². The molecule has 3 amide bonds. The molecular formula is C33H31N3O4S. The van der Waals surface area contributed by atoms with Crippen LogP contribution in [0.25, 0.3) is 6.08 Å². The van der Waals surface area contributed by atoms with Gasteiger partial charge in [0.25, 0.3) is 11.8 Å². The van der Waals surface area contributed by atoms with E-state index in [0.29, 0.717) is 22.7 Å². The fraction of sp³-hybridized carbons (Fsp3) is 0.121. The van der Waals surface area contributed by atoms with E-state index < -0.39 is 5.91 Å². The van der Waals surface area contributed by atoms with Crippen molar-refractivity contribution >= 4 is 46.9 Å². The predicted octanol–water partition coefficient (Wildman–Crippen LogP) is 6.53. The summed E-state index contributed by atoms with van der Waals surface area (Å²) in [5.41, 5.74) is 3.68. The number of hydrogen-bond donors (Lipinski definition) is 3. The Hall–Kier alpha value is -4.82. The summed E-state index contributed by atoms with van der Waals surface area (Å²) >= 11 is 1.40. The van der Waals surface area contributed by atoms with Crippen LogP contribution in [0.15, 0.2) is 114 Å². The van der Waals surface area contributed by atoms with Gasteiger partial charge in [0.1, 0.15) is 11.4 Å². The molecule has 0 aliphatic heterocycles. The Morgan fingerprint density at radius 2 is 1.39 bits per heavy atom. The van der Waals surface area contributed by atoms with E-state index in [9.17, 15) is 14.4 Å². The molecule has 8 heteroatoms. The average molecular weight is 566 g/mol. The molecule has 3 N–H and O–H groups in total. The number of anilines is 2. The van der Waals surface area contributed by atoms with Crippen molar-refractivity contribution in [3.63, 3.8) is 0 Å². The maximum Gasteiger partial charge on any atom is 0.272 e. The molecular weight excluding hydrogens is 534 g/mol. The Labute approximate surface area is 244 Å². The molecule has 0 saturated heterocycles. The second-order valence-corrected chi connectivity index (χ2v) is 10.7. The lowest BCUT2D eigenvalue weighted by Crippen LogP contribution is -2.30. The number of ether oxygens (including phenoxy) is 1. The van der Waals surface area contributed by atoms with E-state index in [1.807, 2.05) is 56.3 Å². The highest BCUT2D eigenvalue weighted by Crippen LogP contribution is 2.26. The monoisotopic (exact) mass is 565 g/mol. The quantitative estimate of drug-likeness (QED) is 0.150. The zero-order valence-electron chi connectivity index (χ0n) is 23.0. The van der Waals surface area contributed by atoms with E-state index in [1.165, 1.54) is 11.8 Å². The van der Waals surface area contributed by atoms with Gasteiger partial charge in [-0.25, -0.2) is 0 Å². The number of carbonyl (C=O) groups excluding carboxylic acids is 3. The second kappa shape index (κ2) is 14.0. The minimum absolute atomic E-state index is 0.116. The van der Waals surface area contributed by atoms with Gasteiger partial charge < -0.3 is 20.7 Å². The van der Waals surface area contributed by atoms with Crippen LogP contribution in [0.5, 0.6) is 5.75 Å². The number of benzene rings is 4. The van der Waals surface area contributed by atoms with Gasteiger partial charge in [-0.1, -0.05) is 48.0 Å². The molecule has 7 nitrogen and oxygen atoms in total. The van der Waals surface area contributed by atoms with Crippen LogP contribution in [0.2, 0.25) is 0 Å². The van der Waals surface area contributed by atoms with E-state index >= 15 is 0 Å². The molecule has 208 valence electrons. The summed E-state index contributed by atoms with van der Waals surface area (Å²) in [5.74, 6) is -0.248. The third-order valence-electron chi connectivity index (χ3n) is 6.07. The van der Waals surface area contributed by atoms with Crippen molar-refractivity contribution in [3.8, 4) is 5.75 Å². The second-order valence-electron chi connectivity index (χ2n) is 9.25. The number of nitrogens with one attached hydrogen (secondary N) is 3. The summed E-state index contributed by atoms with van der Waals surface area (Å²) in [6, 6.07) is 30.7. The van der Waals surface area contributed by atoms with E-state index in [1.54, 1.807) is 73.8 Å². The van der Waals surface area contributed by atoms with Gasteiger partial charge in [-0.15, -0.1) is 11.8 Å². The fourth-order valence-electron chi connectivity index (χ4n) is 3.76. The number of methoxy groups -OCH3 is 1. The van der Waals surface area contributed by atoms with Crippen molar-refractivity contribution in [2.75, 3.05) is 17.7 Å². The zero-order chi connectivity index (χ0) is 29.2. The lowest BCUT2D eigenvalue weighted by atomic mass is 10.1. The molecule has 0 bridgehead atoms. The van der Waals surface area contributed by atoms with Gasteiger partial charge in [-0.3, -0.25) is 14.4 Å². The van der Waals surface area contributed by atoms with Gasteiger partial charge in [0.05, 0.1) is 12.4 Å². The summed E-state index contributed by atoms with van der Waals surface area (Å²) < 4.78 is 5.15. The van der Waals surface area contributed by atoms with Crippen molar-refractivity contribution in [2.45, 2.75) is 24.0 Å². The van der Waals surface area contributed by atoms with Gasteiger partial charge in [-0.05, 0) is 86.2 Å². The van der Waals surface area contributed by atoms with E-state index in [-0.39, 0.29) is 22.8 Å². The van der Waals surface area contributed by atoms with Crippen LogP contribution in [0, 0.1) is 6.92 Å². The Balaban J connectivity index is 1.41. The van der Waals surface area contributed by atoms with Crippen LogP contribution in [-0.2, 0) is 9.59 Å². The van der Waals surface area contributed by atoms with Crippen molar-refractivity contribution in [2.24, 2.45) is 0 Å². The normalized spacial score (nSPS) is 11.7. The smallest absolute Gasteiger partial charge is 0.272 e. The van der Waals surface area contributed by atoms with Crippen LogP contribution in [0.4, 0.5) is 11.4 Å². The number of aryl methyl sites for hydroxylation is 1.